The number of hydrogen-bond acceptors (Lipinski definition) is 1. The Morgan fingerprint density at radius 1 is 1.10 bits per heavy atom. The Balaban J connectivity index is 0. The van der Waals surface area contributed by atoms with E-state index in [-0.39, 0.29) is 0 Å². The van der Waals surface area contributed by atoms with Gasteiger partial charge in [-0.2, -0.15) is 0 Å². The molecule has 0 aromatic carbocycles. The van der Waals surface area contributed by atoms with Gasteiger partial charge in [-0.05, 0) is 6.42 Å². The van der Waals surface area contributed by atoms with Crippen LogP contribution < -0.4 is 0 Å². The predicted octanol–water partition coefficient (Wildman–Crippen LogP) is 2.15. The van der Waals surface area contributed by atoms with E-state index in [2.05, 4.69) is 13.8 Å². The van der Waals surface area contributed by atoms with E-state index >= 15 is 0 Å². The minimum absolute atomic E-state index is 0.361. The van der Waals surface area contributed by atoms with Gasteiger partial charge in [-0.3, -0.25) is 0 Å². The monoisotopic (exact) mass is 155 g/mol. The molecule has 0 saturated heterocycles. The van der Waals surface area contributed by atoms with Crippen LogP contribution in [0.1, 0.15) is 39.5 Å². The van der Waals surface area contributed by atoms with Crippen molar-refractivity contribution in [1.29, 1.82) is 0 Å². The molecule has 7 radical (unpaired) electrons. The van der Waals surface area contributed by atoms with E-state index < -0.39 is 0 Å². The highest BCUT2D eigenvalue weighted by molar-refractivity contribution is 6.08. The van der Waals surface area contributed by atoms with Crippen LogP contribution in [0.15, 0.2) is 0 Å². The molecule has 0 aliphatic rings. The zero-order valence-corrected chi connectivity index (χ0v) is 8.81. The minimum Gasteiger partial charge on any atom is -0.396 e. The fourth-order valence-electron chi connectivity index (χ4n) is 0.539. The molecule has 0 bridgehead atoms. The molecule has 1 nitrogen and oxygen atoms in total. The van der Waals surface area contributed by atoms with Crippen molar-refractivity contribution < 1.29 is 5.11 Å². The van der Waals surface area contributed by atoms with Crippen LogP contribution in [0.5, 0.6) is 0 Å². The van der Waals surface area contributed by atoms with E-state index in [1.165, 1.54) is 23.8 Å². The van der Waals surface area contributed by atoms with E-state index in [0.29, 0.717) is 6.61 Å². The van der Waals surface area contributed by atoms with E-state index in [9.17, 15) is 0 Å². The second-order valence-electron chi connectivity index (χ2n) is 2.28. The molecule has 0 fully saturated rings. The number of aliphatic hydroxyl groups excluding tert-OH is 1. The Kier molecular flexibility index (Phi) is 21.8. The summed E-state index contributed by atoms with van der Waals surface area (Å²) in [5, 5.41) is 8.29. The summed E-state index contributed by atoms with van der Waals surface area (Å²) in [5.74, 6) is 0. The summed E-state index contributed by atoms with van der Waals surface area (Å²) in [7, 11) is 0. The lowest BCUT2D eigenvalue weighted by atomic mass is 10.2. The average molecular weight is 156 g/mol. The van der Waals surface area contributed by atoms with Gasteiger partial charge in [0.15, 0.2) is 0 Å². The lowest BCUT2D eigenvalue weighted by Gasteiger charge is -1.90. The molecule has 0 unspecified atom stereocenters. The van der Waals surface area contributed by atoms with Crippen LogP contribution in [0.25, 0.3) is 0 Å². The third-order valence-corrected chi connectivity index (χ3v) is 1.01. The largest absolute Gasteiger partial charge is 1.41 e. The van der Waals surface area contributed by atoms with E-state index in [4.69, 9.17) is 5.11 Å². The highest BCUT2D eigenvalue weighted by Gasteiger charge is 2.13. The maximum Gasteiger partial charge on any atom is 1.41 e. The molecule has 0 rings (SSSR count). The molecule has 0 amide bonds. The Hall–Kier alpha value is 0.726. The van der Waals surface area contributed by atoms with Crippen molar-refractivity contribution in [3.63, 3.8) is 0 Å². The number of rotatable bonds is 4. The molecule has 0 atom stereocenters. The first-order chi connectivity index (χ1) is 4.83. The van der Waals surface area contributed by atoms with Crippen LogP contribution in [0.3, 0.4) is 0 Å². The van der Waals surface area contributed by atoms with Crippen LogP contribution in [0.2, 0.25) is 4.55 Å². The topological polar surface area (TPSA) is 20.2 Å². The molecule has 0 spiro atoms. The summed E-state index contributed by atoms with van der Waals surface area (Å²) in [6.07, 6.45) is 4.68. The standard InChI is InChI=1S/C6H14O.C2H5.Mg/c1-2-3-4-5-6-7;1-2;/h7H,2-6H2,1H3;1H2,2H3;/q;;+2. The van der Waals surface area contributed by atoms with E-state index in [0.717, 1.165) is 6.42 Å². The zero-order valence-electron chi connectivity index (χ0n) is 7.40. The number of aliphatic hydroxyl groups is 1. The Morgan fingerprint density at radius 2 is 1.60 bits per heavy atom. The van der Waals surface area contributed by atoms with Gasteiger partial charge in [-0.1, -0.05) is 26.2 Å². The lowest BCUT2D eigenvalue weighted by molar-refractivity contribution is 0.283. The van der Waals surface area contributed by atoms with Crippen LogP contribution in [0, 0.1) is 0 Å². The summed E-state index contributed by atoms with van der Waals surface area (Å²) < 4.78 is 1.28. The predicted molar refractivity (Wildman–Crippen MR) is 47.5 cm³/mol. The maximum atomic E-state index is 8.29. The fraction of sp³-hybridized carbons (Fsp3) is 1.00. The summed E-state index contributed by atoms with van der Waals surface area (Å²) in [4.78, 5) is 0. The van der Waals surface area contributed by atoms with Gasteiger partial charge in [0.05, 0.1) is 0 Å². The minimum atomic E-state index is 0.361. The Labute approximate surface area is 77.6 Å². The zero-order chi connectivity index (χ0) is 8.24. The first-order valence-corrected chi connectivity index (χ1v) is 5.23. The van der Waals surface area contributed by atoms with Gasteiger partial charge < -0.3 is 5.11 Å². The van der Waals surface area contributed by atoms with Crippen LogP contribution in [-0.4, -0.2) is 33.4 Å². The van der Waals surface area contributed by atoms with Crippen molar-refractivity contribution in [1.82, 2.24) is 0 Å². The van der Waals surface area contributed by atoms with E-state index in [1.54, 1.807) is 0 Å². The van der Waals surface area contributed by atoms with Gasteiger partial charge >= 0.3 is 21.7 Å². The third kappa shape index (κ3) is 23.3. The molecule has 1 N–H and O–H groups in total. The maximum absolute atomic E-state index is 8.29. The molecule has 0 heterocycles. The molecular weight excluding hydrogens is 136 g/mol. The Morgan fingerprint density at radius 3 is 1.90 bits per heavy atom. The number of unbranched alkanes of at least 4 members (excludes halogenated alkanes) is 3. The number of hydrogen-bond donors (Lipinski definition) is 1. The van der Waals surface area contributed by atoms with Crippen molar-refractivity contribution in [3.8, 4) is 0 Å². The average Bonchev–Trinajstić information content (AvgIpc) is 1.91. The molecule has 2 heteroatoms. The molecule has 0 saturated carbocycles. The van der Waals surface area contributed by atoms with Crippen molar-refractivity contribution in [2.45, 2.75) is 44.1 Å². The molecular formula is C8H19MgO+2. The summed E-state index contributed by atoms with van der Waals surface area (Å²) in [5.41, 5.74) is 0. The normalized spacial score (nSPS) is 8.40. The van der Waals surface area contributed by atoms with Crippen molar-refractivity contribution in [2.24, 2.45) is 0 Å². The second kappa shape index (κ2) is 16.4. The highest BCUT2D eigenvalue weighted by atomic mass is 24.4. The SMILES string of the molecule is CCCCCCO.C[CH2][Mg+2]. The first kappa shape index (κ1) is 13.3. The molecule has 0 aliphatic heterocycles. The van der Waals surface area contributed by atoms with Crippen molar-refractivity contribution >= 4 is 21.7 Å². The van der Waals surface area contributed by atoms with Gasteiger partial charge in [0.2, 0.25) is 0 Å². The van der Waals surface area contributed by atoms with Crippen molar-refractivity contribution in [2.75, 3.05) is 6.61 Å². The molecule has 0 aromatic rings. The van der Waals surface area contributed by atoms with Gasteiger partial charge in [0, 0.05) is 13.5 Å². The lowest BCUT2D eigenvalue weighted by Crippen LogP contribution is -1.80. The van der Waals surface area contributed by atoms with Crippen LogP contribution in [-0.2, 0) is 0 Å². The molecule has 0 aromatic heterocycles. The summed E-state index contributed by atoms with van der Waals surface area (Å²) >= 11 is 1.97. The highest BCUT2D eigenvalue weighted by Crippen LogP contribution is 1.95. The molecule has 10 heavy (non-hydrogen) atoms. The van der Waals surface area contributed by atoms with Crippen LogP contribution >= 0.6 is 0 Å². The first-order valence-electron chi connectivity index (χ1n) is 4.23. The third-order valence-electron chi connectivity index (χ3n) is 1.01. The summed E-state index contributed by atoms with van der Waals surface area (Å²) in [6.45, 7) is 4.66. The smallest absolute Gasteiger partial charge is 0.396 e. The van der Waals surface area contributed by atoms with Crippen molar-refractivity contribution in [3.05, 3.63) is 0 Å². The van der Waals surface area contributed by atoms with Gasteiger partial charge in [-0.15, -0.1) is 0 Å². The second-order valence-corrected chi connectivity index (χ2v) is 3.28. The Bertz CT molecular complexity index is 36.2. The van der Waals surface area contributed by atoms with Gasteiger partial charge in [0.25, 0.3) is 4.55 Å². The molecule has 57 valence electrons. The van der Waals surface area contributed by atoms with Gasteiger partial charge in [-0.25, -0.2) is 0 Å². The molecule has 0 aliphatic carbocycles. The quantitative estimate of drug-likeness (QED) is 0.487. The fourth-order valence-corrected chi connectivity index (χ4v) is 0.539. The van der Waals surface area contributed by atoms with E-state index in [1.807, 2.05) is 21.7 Å². The summed E-state index contributed by atoms with van der Waals surface area (Å²) in [6, 6.07) is 0. The van der Waals surface area contributed by atoms with Gasteiger partial charge in [0.1, 0.15) is 0 Å². The van der Waals surface area contributed by atoms with Crippen LogP contribution in [0.4, 0.5) is 0 Å².